The van der Waals surface area contributed by atoms with E-state index in [1.807, 2.05) is 62.4 Å². The Kier molecular flexibility index (Phi) is 14.6. The van der Waals surface area contributed by atoms with Crippen LogP contribution in [-0.2, 0) is 30.5 Å². The maximum absolute atomic E-state index is 14.3. The Labute approximate surface area is 454 Å². The molecule has 5 aromatic heterocycles. The van der Waals surface area contributed by atoms with Gasteiger partial charge in [0.2, 0.25) is 29.5 Å². The van der Waals surface area contributed by atoms with Crippen LogP contribution in [0.1, 0.15) is 66.1 Å². The number of β-amino-alcohol motifs (C(OH)–C–C–N with tert-alkyl or cyclic N) is 1. The third-order valence-corrected chi connectivity index (χ3v) is 15.2. The number of likely N-dealkylation sites (tertiary alicyclic amines) is 2. The Morgan fingerprint density at radius 2 is 1.67 bits per heavy atom. The molecule has 3 atom stereocenters. The highest BCUT2D eigenvalue weighted by atomic mass is 32.1. The number of aliphatic hydroxyl groups excluding tert-OH is 1. The molecule has 0 bridgehead atoms. The molecule has 9 heterocycles. The van der Waals surface area contributed by atoms with Gasteiger partial charge >= 0.3 is 6.09 Å². The number of anilines is 3. The molecular weight excluding hydrogens is 1020 g/mol. The molecule has 23 nitrogen and oxygen atoms in total. The minimum atomic E-state index is -1.47. The Balaban J connectivity index is 0.679. The van der Waals surface area contributed by atoms with Gasteiger partial charge in [-0.1, -0.05) is 45.0 Å². The quantitative estimate of drug-likeness (QED) is 0.110. The summed E-state index contributed by atoms with van der Waals surface area (Å²) >= 11 is 1.56. The molecule has 0 aliphatic carbocycles. The number of benzene rings is 1. The Bertz CT molecular complexity index is 3240. The summed E-state index contributed by atoms with van der Waals surface area (Å²) < 4.78 is 19.0. The number of nitrogens with zero attached hydrogens (tertiary/aromatic N) is 11. The number of amides is 5. The maximum Gasteiger partial charge on any atom is 0.414 e. The van der Waals surface area contributed by atoms with E-state index < -0.39 is 53.0 Å². The number of pyridine rings is 1. The van der Waals surface area contributed by atoms with Crippen molar-refractivity contribution in [2.75, 3.05) is 67.5 Å². The first-order valence-corrected chi connectivity index (χ1v) is 26.8. The molecule has 0 radical (unpaired) electrons. The first-order chi connectivity index (χ1) is 37.1. The van der Waals surface area contributed by atoms with E-state index in [4.69, 9.17) is 14.2 Å². The summed E-state index contributed by atoms with van der Waals surface area (Å²) in [7, 11) is 0. The summed E-state index contributed by atoms with van der Waals surface area (Å²) in [6.07, 6.45) is 8.13. The van der Waals surface area contributed by atoms with Gasteiger partial charge in [-0.25, -0.2) is 29.7 Å². The van der Waals surface area contributed by atoms with Crippen molar-refractivity contribution in [2.45, 2.75) is 98.2 Å². The van der Waals surface area contributed by atoms with Crippen LogP contribution in [0.15, 0.2) is 73.0 Å². The molecule has 5 amide bonds. The largest absolute Gasteiger partial charge is 0.475 e. The number of hydrogen-bond donors (Lipinski definition) is 4. The van der Waals surface area contributed by atoms with Gasteiger partial charge in [0.15, 0.2) is 22.8 Å². The highest BCUT2D eigenvalue weighted by Crippen LogP contribution is 2.41. The fourth-order valence-corrected chi connectivity index (χ4v) is 11.1. The number of ether oxygens (including phenoxy) is 3. The molecule has 3 fully saturated rings. The van der Waals surface area contributed by atoms with Gasteiger partial charge in [0, 0.05) is 69.1 Å². The van der Waals surface area contributed by atoms with E-state index in [0.29, 0.717) is 66.5 Å². The lowest BCUT2D eigenvalue weighted by molar-refractivity contribution is -0.146. The molecule has 3 saturated heterocycles. The standard InChI is InChI=1S/C54H64N14O9S/c1-31(2)76-51(74)67-13-14-75-47-40(67)15-35(18-57-47)38-23-65-24-41(61-42(65)21-55-38)62-43(70)25-64-26-54(27-64)28-66(29-54)50-58-19-37(20-59-50)77-53(7,8)49(73)63-45(52(4,5)6)48(72)68-22-36(69)16-39(68)46(71)56-17-33-9-11-34(12-10-33)44-32(3)60-30-78-44/h9-12,15,18-21,23-24,30-31,36,39,45,69H,13-14,16-17,22,25-29H2,1-8H3,(H,56,71)(H,62,70)(H,63,73)/t36-,39+,45-/m1/s1. The summed E-state index contributed by atoms with van der Waals surface area (Å²) in [5.74, 6) is -0.160. The molecule has 410 valence electrons. The molecule has 0 saturated carbocycles. The Morgan fingerprint density at radius 3 is 2.36 bits per heavy atom. The van der Waals surface area contributed by atoms with Crippen molar-refractivity contribution in [3.63, 3.8) is 0 Å². The lowest BCUT2D eigenvalue weighted by Crippen LogP contribution is -2.73. The van der Waals surface area contributed by atoms with Crippen LogP contribution >= 0.6 is 11.3 Å². The minimum absolute atomic E-state index is 0.000557. The molecule has 24 heteroatoms. The predicted molar refractivity (Wildman–Crippen MR) is 289 cm³/mol. The molecule has 4 N–H and O–H groups in total. The van der Waals surface area contributed by atoms with Crippen LogP contribution < -0.4 is 35.2 Å². The van der Waals surface area contributed by atoms with Crippen LogP contribution in [0.3, 0.4) is 0 Å². The number of nitrogens with one attached hydrogen (secondary N) is 3. The van der Waals surface area contributed by atoms with E-state index in [0.717, 1.165) is 34.8 Å². The van der Waals surface area contributed by atoms with Gasteiger partial charge in [0.1, 0.15) is 24.4 Å². The van der Waals surface area contributed by atoms with Crippen LogP contribution in [0.4, 0.5) is 22.2 Å². The van der Waals surface area contributed by atoms with E-state index in [9.17, 15) is 29.1 Å². The maximum atomic E-state index is 14.3. The number of carbonyl (C=O) groups is 5. The number of imidazole rings is 1. The highest BCUT2D eigenvalue weighted by molar-refractivity contribution is 7.13. The monoisotopic (exact) mass is 1080 g/mol. The van der Waals surface area contributed by atoms with Crippen LogP contribution in [0.25, 0.3) is 27.3 Å². The molecule has 6 aromatic rings. The van der Waals surface area contributed by atoms with Crippen molar-refractivity contribution in [1.82, 2.24) is 54.7 Å². The van der Waals surface area contributed by atoms with Gasteiger partial charge in [-0.3, -0.25) is 34.0 Å². The number of hydrogen-bond acceptors (Lipinski definition) is 18. The first kappa shape index (κ1) is 53.6. The third-order valence-electron chi connectivity index (χ3n) is 14.2. The Hall–Kier alpha value is -7.83. The third kappa shape index (κ3) is 11.4. The average Bonchev–Trinajstić information content (AvgIpc) is 4.16. The van der Waals surface area contributed by atoms with Gasteiger partial charge in [0.05, 0.1) is 71.9 Å². The number of aliphatic hydroxyl groups is 1. The number of aryl methyl sites for hydroxylation is 1. The smallest absolute Gasteiger partial charge is 0.414 e. The molecular formula is C54H64N14O9S. The molecule has 1 spiro atoms. The first-order valence-electron chi connectivity index (χ1n) is 25.9. The fourth-order valence-electron chi connectivity index (χ4n) is 10.3. The molecule has 1 aromatic carbocycles. The van der Waals surface area contributed by atoms with Gasteiger partial charge in [-0.15, -0.1) is 11.3 Å². The van der Waals surface area contributed by atoms with Crippen molar-refractivity contribution < 1.29 is 43.3 Å². The average molecular weight is 1090 g/mol. The normalized spacial score (nSPS) is 18.4. The van der Waals surface area contributed by atoms with Gasteiger partial charge in [0.25, 0.3) is 5.91 Å². The summed E-state index contributed by atoms with van der Waals surface area (Å²) in [5.41, 5.74) is 4.69. The molecule has 4 aliphatic heterocycles. The predicted octanol–water partition coefficient (Wildman–Crippen LogP) is 4.48. The molecule has 0 unspecified atom stereocenters. The van der Waals surface area contributed by atoms with E-state index >= 15 is 0 Å². The van der Waals surface area contributed by atoms with E-state index in [1.54, 1.807) is 74.3 Å². The molecule has 4 aliphatic rings. The van der Waals surface area contributed by atoms with Crippen LogP contribution in [0.2, 0.25) is 0 Å². The van der Waals surface area contributed by atoms with Gasteiger partial charge < -0.3 is 49.5 Å². The lowest BCUT2D eigenvalue weighted by atomic mass is 9.73. The zero-order chi connectivity index (χ0) is 55.3. The second kappa shape index (κ2) is 21.2. The zero-order valence-electron chi connectivity index (χ0n) is 44.8. The number of thiazole rings is 1. The summed E-state index contributed by atoms with van der Waals surface area (Å²) in [4.78, 5) is 103. The van der Waals surface area contributed by atoms with Crippen LogP contribution in [-0.4, -0.2) is 161 Å². The summed E-state index contributed by atoms with van der Waals surface area (Å²) in [6, 6.07) is 7.64. The zero-order valence-corrected chi connectivity index (χ0v) is 45.7. The Morgan fingerprint density at radius 1 is 0.923 bits per heavy atom. The molecule has 78 heavy (non-hydrogen) atoms. The van der Waals surface area contributed by atoms with Crippen LogP contribution in [0, 0.1) is 17.8 Å². The van der Waals surface area contributed by atoms with Crippen LogP contribution in [0.5, 0.6) is 11.6 Å². The van der Waals surface area contributed by atoms with Crippen molar-refractivity contribution in [3.05, 3.63) is 84.3 Å². The minimum Gasteiger partial charge on any atom is -0.475 e. The van der Waals surface area contributed by atoms with E-state index in [-0.39, 0.29) is 49.2 Å². The topological polar surface area (TPSA) is 264 Å². The van der Waals surface area contributed by atoms with Gasteiger partial charge in [-0.05, 0) is 57.2 Å². The summed E-state index contributed by atoms with van der Waals surface area (Å²) in [5, 5.41) is 19.5. The number of aromatic nitrogens is 7. The van der Waals surface area contributed by atoms with E-state index in [2.05, 4.69) is 50.8 Å². The number of rotatable bonds is 15. The van der Waals surface area contributed by atoms with E-state index in [1.165, 1.54) is 22.2 Å². The SMILES string of the molecule is Cc1ncsc1-c1ccc(CNC(=O)[C@@H]2C[C@@H](O)CN2C(=O)[C@@H](NC(=O)C(C)(C)Oc2cnc(N3CC4(CN(CC(=O)Nc5cn6cc(-c7cnc8c(c7)N(C(=O)OC(C)C)CCO8)ncc6n5)C4)C3)nc2)C(C)(C)C)cc1. The lowest BCUT2D eigenvalue weighted by Gasteiger charge is -2.60. The van der Waals surface area contributed by atoms with Crippen molar-refractivity contribution >= 4 is 64.2 Å². The van der Waals surface area contributed by atoms with Crippen molar-refractivity contribution in [1.29, 1.82) is 0 Å². The fraction of sp³-hybridized carbons (Fsp3) is 0.463. The second-order valence-electron chi connectivity index (χ2n) is 22.4. The number of carbonyl (C=O) groups excluding carboxylic acids is 5. The molecule has 10 rings (SSSR count). The van der Waals surface area contributed by atoms with Crippen molar-refractivity contribution in [3.8, 4) is 33.3 Å². The number of fused-ring (bicyclic) bond motifs is 2. The van der Waals surface area contributed by atoms with Gasteiger partial charge in [-0.2, -0.15) is 0 Å². The highest BCUT2D eigenvalue weighted by Gasteiger charge is 2.53. The van der Waals surface area contributed by atoms with Crippen molar-refractivity contribution in [2.24, 2.45) is 10.8 Å². The summed E-state index contributed by atoms with van der Waals surface area (Å²) in [6.45, 7) is 18.0. The second-order valence-corrected chi connectivity index (χ2v) is 23.2.